The molecule has 1 saturated heterocycles. The Kier molecular flexibility index (Phi) is 10.1. The van der Waals surface area contributed by atoms with Crippen LogP contribution in [0.1, 0.15) is 11.1 Å². The molecule has 5 rings (SSSR count). The van der Waals surface area contributed by atoms with Gasteiger partial charge >= 0.3 is 6.03 Å². The molecule has 0 spiro atoms. The van der Waals surface area contributed by atoms with Crippen molar-refractivity contribution in [1.82, 2.24) is 15.2 Å². The van der Waals surface area contributed by atoms with E-state index in [0.717, 1.165) is 41.0 Å². The third kappa shape index (κ3) is 8.39. The van der Waals surface area contributed by atoms with Crippen LogP contribution >= 0.6 is 0 Å². The van der Waals surface area contributed by atoms with Crippen LogP contribution < -0.4 is 20.7 Å². The van der Waals surface area contributed by atoms with Crippen LogP contribution in [0.3, 0.4) is 0 Å². The first-order valence-corrected chi connectivity index (χ1v) is 14.1. The van der Waals surface area contributed by atoms with E-state index in [-0.39, 0.29) is 11.9 Å². The number of para-hydroxylation sites is 1. The van der Waals surface area contributed by atoms with Gasteiger partial charge in [-0.25, -0.2) is 4.79 Å². The molecule has 216 valence electrons. The summed E-state index contributed by atoms with van der Waals surface area (Å²) in [6.45, 7) is 4.06. The van der Waals surface area contributed by atoms with Crippen LogP contribution in [0.5, 0.6) is 5.75 Å². The van der Waals surface area contributed by atoms with Gasteiger partial charge in [0, 0.05) is 55.4 Å². The summed E-state index contributed by atoms with van der Waals surface area (Å²) in [5, 5.41) is 8.75. The zero-order chi connectivity index (χ0) is 29.0. The van der Waals surface area contributed by atoms with Gasteiger partial charge in [-0.3, -0.25) is 14.7 Å². The molecule has 3 amide bonds. The molecule has 1 aliphatic rings. The number of rotatable bonds is 11. The topological polar surface area (TPSA) is 105 Å². The number of urea groups is 1. The first-order valence-electron chi connectivity index (χ1n) is 14.1. The number of hydrogen-bond acceptors (Lipinski definition) is 6. The number of nitrogens with zero attached hydrogens (tertiary/aromatic N) is 2. The van der Waals surface area contributed by atoms with Gasteiger partial charge in [-0.2, -0.15) is 0 Å². The van der Waals surface area contributed by atoms with Crippen LogP contribution in [0.15, 0.2) is 97.3 Å². The number of carbonyl (C=O) groups is 2. The maximum absolute atomic E-state index is 12.8. The largest absolute Gasteiger partial charge is 0.493 e. The summed E-state index contributed by atoms with van der Waals surface area (Å²) in [7, 11) is 0. The lowest BCUT2D eigenvalue weighted by Crippen LogP contribution is -2.41. The summed E-state index contributed by atoms with van der Waals surface area (Å²) in [6, 6.07) is 26.8. The Balaban J connectivity index is 1.14. The van der Waals surface area contributed by atoms with Crippen molar-refractivity contribution in [3.63, 3.8) is 0 Å². The van der Waals surface area contributed by atoms with E-state index >= 15 is 0 Å². The van der Waals surface area contributed by atoms with E-state index in [0.29, 0.717) is 50.8 Å². The van der Waals surface area contributed by atoms with E-state index < -0.39 is 0 Å². The Labute approximate surface area is 245 Å². The summed E-state index contributed by atoms with van der Waals surface area (Å²) in [5.74, 6) is 0.679. The minimum atomic E-state index is -0.290. The number of ether oxygens (including phenoxy) is 2. The Morgan fingerprint density at radius 2 is 1.62 bits per heavy atom. The molecule has 2 heterocycles. The highest BCUT2D eigenvalue weighted by molar-refractivity contribution is 5.97. The Hall–Kier alpha value is -4.73. The van der Waals surface area contributed by atoms with E-state index in [9.17, 15) is 9.59 Å². The third-order valence-electron chi connectivity index (χ3n) is 6.91. The molecule has 0 saturated carbocycles. The number of pyridine rings is 1. The first-order chi connectivity index (χ1) is 20.6. The van der Waals surface area contributed by atoms with E-state index in [4.69, 9.17) is 9.47 Å². The average Bonchev–Trinajstić information content (AvgIpc) is 3.02. The van der Waals surface area contributed by atoms with Gasteiger partial charge in [0.25, 0.3) is 0 Å². The highest BCUT2D eigenvalue weighted by Gasteiger charge is 2.16. The van der Waals surface area contributed by atoms with Gasteiger partial charge in [0.2, 0.25) is 5.91 Å². The molecular formula is C33H35N5O4. The standard InChI is InChI=1S/C33H35N5O4/c39-32(24-38-17-20-41-21-18-38)37-31-10-4-3-9-30(31)29-8-2-1-7-26(29)15-19-42-28-13-11-27(12-14-28)36-33(40)35-23-25-6-5-16-34-22-25/h1-14,16,22H,15,17-21,23-24H2,(H,37,39)(H2,35,36,40). The number of hydrogen-bond donors (Lipinski definition) is 3. The van der Waals surface area contributed by atoms with E-state index in [2.05, 4.69) is 38.0 Å². The molecule has 1 aliphatic heterocycles. The number of amides is 3. The summed E-state index contributed by atoms with van der Waals surface area (Å²) >= 11 is 0. The smallest absolute Gasteiger partial charge is 0.319 e. The molecule has 3 aromatic carbocycles. The molecule has 9 heteroatoms. The molecule has 0 radical (unpaired) electrons. The van der Waals surface area contributed by atoms with Crippen molar-refractivity contribution in [1.29, 1.82) is 0 Å². The molecule has 9 nitrogen and oxygen atoms in total. The second-order valence-electron chi connectivity index (χ2n) is 9.93. The summed E-state index contributed by atoms with van der Waals surface area (Å²) in [6.07, 6.45) is 4.10. The molecular weight excluding hydrogens is 530 g/mol. The van der Waals surface area contributed by atoms with Gasteiger partial charge < -0.3 is 25.4 Å². The number of morpholine rings is 1. The lowest BCUT2D eigenvalue weighted by atomic mass is 9.96. The molecule has 1 aromatic heterocycles. The molecule has 0 bridgehead atoms. The highest BCUT2D eigenvalue weighted by Crippen LogP contribution is 2.31. The second kappa shape index (κ2) is 14.8. The molecule has 0 atom stereocenters. The van der Waals surface area contributed by atoms with Crippen molar-refractivity contribution in [2.75, 3.05) is 50.1 Å². The van der Waals surface area contributed by atoms with Crippen molar-refractivity contribution in [3.8, 4) is 16.9 Å². The molecule has 0 unspecified atom stereocenters. The number of nitrogens with one attached hydrogen (secondary N) is 3. The van der Waals surface area contributed by atoms with Gasteiger partial charge in [-0.05, 0) is 53.1 Å². The Morgan fingerprint density at radius 1 is 0.857 bits per heavy atom. The average molecular weight is 566 g/mol. The van der Waals surface area contributed by atoms with Gasteiger partial charge in [0.15, 0.2) is 0 Å². The van der Waals surface area contributed by atoms with E-state index in [1.54, 1.807) is 12.4 Å². The van der Waals surface area contributed by atoms with Crippen molar-refractivity contribution in [2.24, 2.45) is 0 Å². The van der Waals surface area contributed by atoms with E-state index in [1.807, 2.05) is 72.8 Å². The predicted molar refractivity (Wildman–Crippen MR) is 164 cm³/mol. The fraction of sp³-hybridized carbons (Fsp3) is 0.242. The Bertz CT molecular complexity index is 1460. The third-order valence-corrected chi connectivity index (χ3v) is 6.91. The summed E-state index contributed by atoms with van der Waals surface area (Å²) in [5.41, 5.74) is 5.53. The molecule has 42 heavy (non-hydrogen) atoms. The molecule has 0 aliphatic carbocycles. The number of carbonyl (C=O) groups excluding carboxylic acids is 2. The van der Waals surface area contributed by atoms with E-state index in [1.165, 1.54) is 0 Å². The maximum Gasteiger partial charge on any atom is 0.319 e. The fourth-order valence-electron chi connectivity index (χ4n) is 4.75. The molecule has 3 N–H and O–H groups in total. The minimum absolute atomic E-state index is 0.0333. The summed E-state index contributed by atoms with van der Waals surface area (Å²) < 4.78 is 11.4. The van der Waals surface area contributed by atoms with Crippen LogP contribution in [-0.2, 0) is 22.5 Å². The minimum Gasteiger partial charge on any atom is -0.493 e. The monoisotopic (exact) mass is 565 g/mol. The van der Waals surface area contributed by atoms with Crippen LogP contribution in [0, 0.1) is 0 Å². The quantitative estimate of drug-likeness (QED) is 0.237. The molecule has 1 fully saturated rings. The fourth-order valence-corrected chi connectivity index (χ4v) is 4.75. The van der Waals surface area contributed by atoms with Gasteiger partial charge in [0.1, 0.15) is 5.75 Å². The van der Waals surface area contributed by atoms with Crippen molar-refractivity contribution in [2.45, 2.75) is 13.0 Å². The highest BCUT2D eigenvalue weighted by atomic mass is 16.5. The number of anilines is 2. The van der Waals surface area contributed by atoms with Crippen LogP contribution in [0.2, 0.25) is 0 Å². The molecule has 4 aromatic rings. The maximum atomic E-state index is 12.8. The van der Waals surface area contributed by atoms with Crippen LogP contribution in [-0.4, -0.2) is 61.3 Å². The SMILES string of the molecule is O=C(CN1CCOCC1)Nc1ccccc1-c1ccccc1CCOc1ccc(NC(=O)NCc2cccnc2)cc1. The zero-order valence-corrected chi connectivity index (χ0v) is 23.4. The van der Waals surface area contributed by atoms with Crippen molar-refractivity contribution < 1.29 is 19.1 Å². The van der Waals surface area contributed by atoms with Gasteiger partial charge in [-0.15, -0.1) is 0 Å². The predicted octanol–water partition coefficient (Wildman–Crippen LogP) is 4.96. The van der Waals surface area contributed by atoms with Crippen LogP contribution in [0.25, 0.3) is 11.1 Å². The summed E-state index contributed by atoms with van der Waals surface area (Å²) in [4.78, 5) is 31.2. The second-order valence-corrected chi connectivity index (χ2v) is 9.93. The normalized spacial score (nSPS) is 13.2. The van der Waals surface area contributed by atoms with Gasteiger partial charge in [0.05, 0.1) is 26.4 Å². The van der Waals surface area contributed by atoms with Crippen molar-refractivity contribution in [3.05, 3.63) is 108 Å². The van der Waals surface area contributed by atoms with Crippen LogP contribution in [0.4, 0.5) is 16.2 Å². The Morgan fingerprint density at radius 3 is 2.40 bits per heavy atom. The number of aromatic nitrogens is 1. The zero-order valence-electron chi connectivity index (χ0n) is 23.4. The lowest BCUT2D eigenvalue weighted by molar-refractivity contribution is -0.118. The first kappa shape index (κ1) is 28.8. The van der Waals surface area contributed by atoms with Crippen molar-refractivity contribution >= 4 is 23.3 Å². The number of benzene rings is 3. The van der Waals surface area contributed by atoms with Gasteiger partial charge in [-0.1, -0.05) is 48.5 Å². The lowest BCUT2D eigenvalue weighted by Gasteiger charge is -2.26.